The molecule has 2 aromatic rings. The zero-order chi connectivity index (χ0) is 21.3. The van der Waals surface area contributed by atoms with E-state index in [4.69, 9.17) is 9.47 Å². The van der Waals surface area contributed by atoms with E-state index < -0.39 is 37.3 Å². The second-order valence-electron chi connectivity index (χ2n) is 8.72. The van der Waals surface area contributed by atoms with E-state index in [0.717, 1.165) is 40.9 Å². The van der Waals surface area contributed by atoms with Crippen molar-refractivity contribution in [1.29, 1.82) is 0 Å². The first-order valence-electron chi connectivity index (χ1n) is 10.9. The maximum Gasteiger partial charge on any atom is 0.229 e. The minimum atomic E-state index is -1.48. The van der Waals surface area contributed by atoms with Crippen molar-refractivity contribution in [3.8, 4) is 5.75 Å². The van der Waals surface area contributed by atoms with Crippen LogP contribution in [0.4, 0.5) is 0 Å². The van der Waals surface area contributed by atoms with Gasteiger partial charge in [-0.3, -0.25) is 5.10 Å². The molecule has 1 aromatic heterocycles. The van der Waals surface area contributed by atoms with Crippen molar-refractivity contribution < 1.29 is 29.9 Å². The number of benzene rings is 1. The Morgan fingerprint density at radius 2 is 1.87 bits per heavy atom. The lowest BCUT2D eigenvalue weighted by atomic mass is 9.85. The van der Waals surface area contributed by atoms with E-state index >= 15 is 0 Å². The third kappa shape index (κ3) is 4.33. The summed E-state index contributed by atoms with van der Waals surface area (Å²) in [6.07, 6.45) is 1.88. The molecule has 0 unspecified atom stereocenters. The standard InChI is InChI=1S/C22H32N2O6/c1-12-9-15-18(14(23-24-15)8-7-13-5-3-2-4-6-13)16(10-12)29-22-21(28)20(27)19(26)17(11-25)30-22/h9-10,13,17,19-22,25-28H,2-8,11H2,1H3,(H,23,24)/t17-,19-,20+,21-,22-/m1/s1. The molecule has 1 aliphatic carbocycles. The van der Waals surface area contributed by atoms with E-state index in [2.05, 4.69) is 10.2 Å². The summed E-state index contributed by atoms with van der Waals surface area (Å²) in [6.45, 7) is 1.43. The number of ether oxygens (including phenoxy) is 2. The van der Waals surface area contributed by atoms with Gasteiger partial charge in [0.25, 0.3) is 0 Å². The molecule has 1 saturated carbocycles. The first-order valence-corrected chi connectivity index (χ1v) is 10.9. The summed E-state index contributed by atoms with van der Waals surface area (Å²) in [5, 5.41) is 48.3. The van der Waals surface area contributed by atoms with Crippen molar-refractivity contribution in [3.05, 3.63) is 23.4 Å². The van der Waals surface area contributed by atoms with Crippen molar-refractivity contribution in [3.63, 3.8) is 0 Å². The van der Waals surface area contributed by atoms with Gasteiger partial charge in [-0.1, -0.05) is 32.1 Å². The van der Waals surface area contributed by atoms with E-state index in [1.807, 2.05) is 19.1 Å². The predicted octanol–water partition coefficient (Wildman–Crippen LogP) is 1.56. The number of aromatic nitrogens is 2. The van der Waals surface area contributed by atoms with Gasteiger partial charge in [0, 0.05) is 5.69 Å². The molecule has 166 valence electrons. The zero-order valence-corrected chi connectivity index (χ0v) is 17.3. The van der Waals surface area contributed by atoms with Gasteiger partial charge in [0.2, 0.25) is 6.29 Å². The minimum absolute atomic E-state index is 0.494. The van der Waals surface area contributed by atoms with E-state index in [1.54, 1.807) is 0 Å². The van der Waals surface area contributed by atoms with Crippen molar-refractivity contribution in [2.75, 3.05) is 6.61 Å². The molecule has 1 aromatic carbocycles. The highest BCUT2D eigenvalue weighted by atomic mass is 16.7. The molecule has 8 heteroatoms. The second kappa shape index (κ2) is 9.20. The van der Waals surface area contributed by atoms with E-state index in [-0.39, 0.29) is 0 Å². The van der Waals surface area contributed by atoms with Gasteiger partial charge in [0.15, 0.2) is 0 Å². The molecule has 0 spiro atoms. The highest BCUT2D eigenvalue weighted by Gasteiger charge is 2.45. The number of aliphatic hydroxyl groups is 4. The highest BCUT2D eigenvalue weighted by Crippen LogP contribution is 2.34. The number of hydrogen-bond donors (Lipinski definition) is 5. The topological polar surface area (TPSA) is 128 Å². The van der Waals surface area contributed by atoms with Gasteiger partial charge in [-0.25, -0.2) is 0 Å². The van der Waals surface area contributed by atoms with Crippen LogP contribution in [0.5, 0.6) is 5.75 Å². The predicted molar refractivity (Wildman–Crippen MR) is 110 cm³/mol. The summed E-state index contributed by atoms with van der Waals surface area (Å²) >= 11 is 0. The molecule has 0 radical (unpaired) electrons. The van der Waals surface area contributed by atoms with Gasteiger partial charge < -0.3 is 29.9 Å². The van der Waals surface area contributed by atoms with Crippen LogP contribution in [0.25, 0.3) is 10.9 Å². The fourth-order valence-electron chi connectivity index (χ4n) is 4.70. The van der Waals surface area contributed by atoms with Crippen molar-refractivity contribution in [2.45, 2.75) is 82.6 Å². The average molecular weight is 421 g/mol. The molecule has 2 aliphatic rings. The first-order chi connectivity index (χ1) is 14.5. The Kier molecular flexibility index (Phi) is 6.60. The molecule has 30 heavy (non-hydrogen) atoms. The smallest absolute Gasteiger partial charge is 0.229 e. The molecule has 0 amide bonds. The third-order valence-electron chi connectivity index (χ3n) is 6.46. The van der Waals surface area contributed by atoms with E-state index in [1.165, 1.54) is 32.1 Å². The van der Waals surface area contributed by atoms with Crippen LogP contribution in [-0.4, -0.2) is 67.9 Å². The largest absolute Gasteiger partial charge is 0.461 e. The maximum absolute atomic E-state index is 10.4. The summed E-state index contributed by atoms with van der Waals surface area (Å²) in [5.41, 5.74) is 2.69. The number of aromatic amines is 1. The lowest BCUT2D eigenvalue weighted by Crippen LogP contribution is -2.60. The first kappa shape index (κ1) is 21.5. The summed E-state index contributed by atoms with van der Waals surface area (Å²) in [7, 11) is 0. The number of aryl methyl sites for hydroxylation is 2. The van der Waals surface area contributed by atoms with Crippen LogP contribution in [0, 0.1) is 12.8 Å². The molecular formula is C22H32N2O6. The Morgan fingerprint density at radius 1 is 1.10 bits per heavy atom. The quantitative estimate of drug-likeness (QED) is 0.480. The molecule has 0 bridgehead atoms. The van der Waals surface area contributed by atoms with Crippen LogP contribution in [0.3, 0.4) is 0 Å². The van der Waals surface area contributed by atoms with Crippen LogP contribution >= 0.6 is 0 Å². The number of rotatable bonds is 6. The molecule has 2 heterocycles. The van der Waals surface area contributed by atoms with Gasteiger partial charge in [-0.05, 0) is 43.4 Å². The summed E-state index contributed by atoms with van der Waals surface area (Å²) in [5.74, 6) is 1.24. The molecule has 1 aliphatic heterocycles. The Labute approximate surface area is 175 Å². The Bertz CT molecular complexity index is 848. The monoisotopic (exact) mass is 420 g/mol. The Balaban J connectivity index is 1.57. The molecule has 2 fully saturated rings. The summed E-state index contributed by atoms with van der Waals surface area (Å²) < 4.78 is 11.5. The minimum Gasteiger partial charge on any atom is -0.461 e. The number of hydrogen-bond acceptors (Lipinski definition) is 7. The van der Waals surface area contributed by atoms with E-state index in [0.29, 0.717) is 5.75 Å². The maximum atomic E-state index is 10.4. The Morgan fingerprint density at radius 3 is 2.60 bits per heavy atom. The summed E-state index contributed by atoms with van der Waals surface area (Å²) in [6, 6.07) is 3.82. The van der Waals surface area contributed by atoms with Gasteiger partial charge in [0.1, 0.15) is 30.2 Å². The van der Waals surface area contributed by atoms with E-state index in [9.17, 15) is 20.4 Å². The molecular weight excluding hydrogens is 388 g/mol. The third-order valence-corrected chi connectivity index (χ3v) is 6.46. The molecule has 5 atom stereocenters. The van der Waals surface area contributed by atoms with Crippen molar-refractivity contribution in [2.24, 2.45) is 5.92 Å². The number of nitrogens with zero attached hydrogens (tertiary/aromatic N) is 1. The average Bonchev–Trinajstić information content (AvgIpc) is 3.16. The Hall–Kier alpha value is -1.71. The van der Waals surface area contributed by atoms with Crippen molar-refractivity contribution in [1.82, 2.24) is 10.2 Å². The van der Waals surface area contributed by atoms with Gasteiger partial charge in [-0.2, -0.15) is 5.10 Å². The zero-order valence-electron chi connectivity index (χ0n) is 17.3. The van der Waals surface area contributed by atoms with Gasteiger partial charge >= 0.3 is 0 Å². The van der Waals surface area contributed by atoms with Crippen LogP contribution < -0.4 is 4.74 Å². The van der Waals surface area contributed by atoms with Crippen LogP contribution in [0.1, 0.15) is 49.8 Å². The number of H-pyrrole nitrogens is 1. The molecule has 8 nitrogen and oxygen atoms in total. The second-order valence-corrected chi connectivity index (χ2v) is 8.72. The fraction of sp³-hybridized carbons (Fsp3) is 0.682. The SMILES string of the molecule is Cc1cc(O[C@@H]2O[C@H](CO)[C@@H](O)[C@H](O)[C@H]2O)c2c(CCC3CCCCC3)[nH]nc2c1. The summed E-state index contributed by atoms with van der Waals surface area (Å²) in [4.78, 5) is 0. The number of aliphatic hydroxyl groups excluding tert-OH is 4. The van der Waals surface area contributed by atoms with Crippen LogP contribution in [-0.2, 0) is 11.2 Å². The van der Waals surface area contributed by atoms with Gasteiger partial charge in [0.05, 0.1) is 17.5 Å². The lowest BCUT2D eigenvalue weighted by Gasteiger charge is -2.39. The molecule has 1 saturated heterocycles. The van der Waals surface area contributed by atoms with Crippen molar-refractivity contribution >= 4 is 10.9 Å². The normalized spacial score (nSPS) is 30.6. The number of fused-ring (bicyclic) bond motifs is 1. The van der Waals surface area contributed by atoms with Crippen LogP contribution in [0.15, 0.2) is 12.1 Å². The molecule has 4 rings (SSSR count). The lowest BCUT2D eigenvalue weighted by molar-refractivity contribution is -0.277. The number of nitrogens with one attached hydrogen (secondary N) is 1. The highest BCUT2D eigenvalue weighted by molar-refractivity contribution is 5.88. The van der Waals surface area contributed by atoms with Crippen LogP contribution in [0.2, 0.25) is 0 Å². The van der Waals surface area contributed by atoms with Gasteiger partial charge in [-0.15, -0.1) is 0 Å². The fourth-order valence-corrected chi connectivity index (χ4v) is 4.70. The molecule has 5 N–H and O–H groups in total.